The van der Waals surface area contributed by atoms with Gasteiger partial charge < -0.3 is 10.1 Å². The lowest BCUT2D eigenvalue weighted by molar-refractivity contribution is 0.411. The largest absolute Gasteiger partial charge is 0.497 e. The second-order valence-electron chi connectivity index (χ2n) is 4.47. The highest BCUT2D eigenvalue weighted by atomic mass is 35.5. The van der Waals surface area contributed by atoms with Crippen LogP contribution >= 0.6 is 11.6 Å². The summed E-state index contributed by atoms with van der Waals surface area (Å²) >= 11 is 5.61. The number of anilines is 2. The number of benzene rings is 1. The van der Waals surface area contributed by atoms with E-state index >= 15 is 0 Å². The van der Waals surface area contributed by atoms with Crippen LogP contribution in [0.5, 0.6) is 5.75 Å². The average Bonchev–Trinajstić information content (AvgIpc) is 2.99. The summed E-state index contributed by atoms with van der Waals surface area (Å²) in [5.74, 6) is -0.630. The molecule has 0 amide bonds. The van der Waals surface area contributed by atoms with Crippen molar-refractivity contribution in [2.24, 2.45) is 0 Å². The monoisotopic (exact) mass is 337 g/mol. The van der Waals surface area contributed by atoms with Gasteiger partial charge in [0.15, 0.2) is 17.5 Å². The quantitative estimate of drug-likeness (QED) is 0.712. The molecule has 0 aliphatic rings. The number of aromatic nitrogens is 4. The molecule has 23 heavy (non-hydrogen) atoms. The third-order valence-corrected chi connectivity index (χ3v) is 3.19. The number of halogens is 3. The first kappa shape index (κ1) is 15.2. The fraction of sp³-hybridized carbons (Fsp3) is 0.0714. The van der Waals surface area contributed by atoms with E-state index in [1.807, 2.05) is 0 Å². The van der Waals surface area contributed by atoms with Crippen LogP contribution in [-0.4, -0.2) is 27.3 Å². The molecule has 2 N–H and O–H groups in total. The molecule has 1 aromatic carbocycles. The van der Waals surface area contributed by atoms with Crippen LogP contribution in [0.25, 0.3) is 11.3 Å². The van der Waals surface area contributed by atoms with Crippen LogP contribution in [0, 0.1) is 11.6 Å². The van der Waals surface area contributed by atoms with Crippen LogP contribution in [-0.2, 0) is 0 Å². The number of hydrogen-bond donors (Lipinski definition) is 2. The maximum Gasteiger partial charge on any atom is 0.224 e. The third kappa shape index (κ3) is 3.21. The Morgan fingerprint density at radius 1 is 1.22 bits per heavy atom. The number of nitrogens with one attached hydrogen (secondary N) is 2. The molecule has 2 heterocycles. The van der Waals surface area contributed by atoms with Gasteiger partial charge in [-0.2, -0.15) is 10.1 Å². The number of rotatable bonds is 4. The molecule has 9 heteroatoms. The lowest BCUT2D eigenvalue weighted by Gasteiger charge is -2.03. The zero-order chi connectivity index (χ0) is 16.4. The molecule has 0 saturated carbocycles. The van der Waals surface area contributed by atoms with E-state index in [4.69, 9.17) is 16.3 Å². The van der Waals surface area contributed by atoms with Crippen molar-refractivity contribution in [3.63, 3.8) is 0 Å². The molecule has 0 bridgehead atoms. The Kier molecular flexibility index (Phi) is 4.07. The van der Waals surface area contributed by atoms with E-state index < -0.39 is 11.6 Å². The zero-order valence-electron chi connectivity index (χ0n) is 11.8. The highest BCUT2D eigenvalue weighted by Crippen LogP contribution is 2.27. The van der Waals surface area contributed by atoms with Crippen molar-refractivity contribution in [3.8, 4) is 17.0 Å². The Balaban J connectivity index is 1.87. The van der Waals surface area contributed by atoms with Gasteiger partial charge in [-0.1, -0.05) is 0 Å². The summed E-state index contributed by atoms with van der Waals surface area (Å²) in [6.45, 7) is 0. The molecule has 0 spiro atoms. The summed E-state index contributed by atoms with van der Waals surface area (Å²) in [4.78, 5) is 7.23. The summed E-state index contributed by atoms with van der Waals surface area (Å²) in [5.41, 5.74) is 0.709. The molecule has 118 valence electrons. The third-order valence-electron chi connectivity index (χ3n) is 3.01. The van der Waals surface area contributed by atoms with Crippen LogP contribution < -0.4 is 10.1 Å². The van der Waals surface area contributed by atoms with E-state index in [0.717, 1.165) is 6.20 Å². The van der Waals surface area contributed by atoms with Crippen molar-refractivity contribution in [1.82, 2.24) is 20.2 Å². The van der Waals surface area contributed by atoms with Crippen LogP contribution in [0.4, 0.5) is 20.4 Å². The molecule has 3 aromatic rings. The van der Waals surface area contributed by atoms with Crippen LogP contribution in [0.3, 0.4) is 0 Å². The van der Waals surface area contributed by atoms with Gasteiger partial charge in [0, 0.05) is 17.7 Å². The fourth-order valence-corrected chi connectivity index (χ4v) is 2.05. The summed E-state index contributed by atoms with van der Waals surface area (Å²) < 4.78 is 32.6. The highest BCUT2D eigenvalue weighted by molar-refractivity contribution is 6.28. The summed E-state index contributed by atoms with van der Waals surface area (Å²) in [5, 5.41) is 9.14. The minimum absolute atomic E-state index is 0.106. The molecule has 3 rings (SSSR count). The first-order valence-corrected chi connectivity index (χ1v) is 6.79. The van der Waals surface area contributed by atoms with Crippen molar-refractivity contribution >= 4 is 23.2 Å². The normalized spacial score (nSPS) is 10.6. The Hall–Kier alpha value is -2.74. The second kappa shape index (κ2) is 6.17. The van der Waals surface area contributed by atoms with E-state index in [2.05, 4.69) is 25.5 Å². The molecular formula is C14H10ClF2N5O. The number of hydrogen-bond acceptors (Lipinski definition) is 5. The molecule has 2 aromatic heterocycles. The predicted octanol–water partition coefficient (Wildman–Crippen LogP) is 3.55. The lowest BCUT2D eigenvalue weighted by Crippen LogP contribution is -1.98. The van der Waals surface area contributed by atoms with Gasteiger partial charge in [0.05, 0.1) is 19.0 Å². The van der Waals surface area contributed by atoms with Gasteiger partial charge in [-0.05, 0) is 23.7 Å². The maximum atomic E-state index is 14.0. The minimum Gasteiger partial charge on any atom is -0.497 e. The molecule has 0 fully saturated rings. The van der Waals surface area contributed by atoms with Gasteiger partial charge in [0.2, 0.25) is 5.28 Å². The molecule has 0 unspecified atom stereocenters. The molecule has 0 aliphatic carbocycles. The SMILES string of the molecule is COc1ccc(-c2cc(Nc3nc(Cl)ncc3F)n[nH]2)c(F)c1. The van der Waals surface area contributed by atoms with Gasteiger partial charge in [0.25, 0.3) is 0 Å². The first-order chi connectivity index (χ1) is 11.1. The summed E-state index contributed by atoms with van der Waals surface area (Å²) in [6.07, 6.45) is 0.939. The fourth-order valence-electron chi connectivity index (χ4n) is 1.92. The standard InChI is InChI=1S/C14H10ClF2N5O/c1-23-7-2-3-8(9(16)4-7)11-5-12(22-21-11)19-13-10(17)6-18-14(15)20-13/h2-6H,1H3,(H2,18,19,20,21,22). The number of ether oxygens (including phenoxy) is 1. The Morgan fingerprint density at radius 2 is 2.04 bits per heavy atom. The number of H-pyrrole nitrogens is 1. The second-order valence-corrected chi connectivity index (χ2v) is 4.81. The number of nitrogens with zero attached hydrogens (tertiary/aromatic N) is 3. The van der Waals surface area contributed by atoms with E-state index in [9.17, 15) is 8.78 Å². The Labute approximate surface area is 134 Å². The van der Waals surface area contributed by atoms with E-state index in [1.165, 1.54) is 19.2 Å². The van der Waals surface area contributed by atoms with Crippen molar-refractivity contribution in [3.05, 3.63) is 47.4 Å². The molecule has 6 nitrogen and oxygen atoms in total. The van der Waals surface area contributed by atoms with Crippen LogP contribution in [0.1, 0.15) is 0 Å². The smallest absolute Gasteiger partial charge is 0.224 e. The molecule has 0 atom stereocenters. The molecular weight excluding hydrogens is 328 g/mol. The van der Waals surface area contributed by atoms with Crippen molar-refractivity contribution in [2.45, 2.75) is 0 Å². The first-order valence-electron chi connectivity index (χ1n) is 6.41. The van der Waals surface area contributed by atoms with E-state index in [-0.39, 0.29) is 16.9 Å². The number of methoxy groups -OCH3 is 1. The number of aromatic amines is 1. The topological polar surface area (TPSA) is 75.7 Å². The zero-order valence-corrected chi connectivity index (χ0v) is 12.5. The lowest BCUT2D eigenvalue weighted by atomic mass is 10.1. The van der Waals surface area contributed by atoms with Gasteiger partial charge in [-0.3, -0.25) is 5.10 Å². The van der Waals surface area contributed by atoms with E-state index in [1.54, 1.807) is 12.1 Å². The average molecular weight is 338 g/mol. The summed E-state index contributed by atoms with van der Waals surface area (Å²) in [7, 11) is 1.45. The molecule has 0 aliphatic heterocycles. The van der Waals surface area contributed by atoms with Crippen LogP contribution in [0.15, 0.2) is 30.5 Å². The highest BCUT2D eigenvalue weighted by Gasteiger charge is 2.12. The Bertz CT molecular complexity index is 855. The maximum absolute atomic E-state index is 14.0. The van der Waals surface area contributed by atoms with Crippen molar-refractivity contribution in [2.75, 3.05) is 12.4 Å². The predicted molar refractivity (Wildman–Crippen MR) is 80.8 cm³/mol. The van der Waals surface area contributed by atoms with Gasteiger partial charge >= 0.3 is 0 Å². The van der Waals surface area contributed by atoms with Crippen LogP contribution in [0.2, 0.25) is 5.28 Å². The minimum atomic E-state index is -0.686. The molecule has 0 saturated heterocycles. The summed E-state index contributed by atoms with van der Waals surface area (Å²) in [6, 6.07) is 5.94. The van der Waals surface area contributed by atoms with E-state index in [0.29, 0.717) is 17.0 Å². The Morgan fingerprint density at radius 3 is 2.78 bits per heavy atom. The van der Waals surface area contributed by atoms with Gasteiger partial charge in [0.1, 0.15) is 11.6 Å². The van der Waals surface area contributed by atoms with Gasteiger partial charge in [-0.25, -0.2) is 13.8 Å². The van der Waals surface area contributed by atoms with Gasteiger partial charge in [-0.15, -0.1) is 0 Å². The molecule has 0 radical (unpaired) electrons. The van der Waals surface area contributed by atoms with Crippen molar-refractivity contribution < 1.29 is 13.5 Å². The van der Waals surface area contributed by atoms with Crippen molar-refractivity contribution in [1.29, 1.82) is 0 Å².